The molecule has 0 bridgehead atoms. The van der Waals surface area contributed by atoms with Crippen molar-refractivity contribution in [3.05, 3.63) is 29.8 Å². The monoisotopic (exact) mass is 347 g/mol. The van der Waals surface area contributed by atoms with Crippen molar-refractivity contribution in [2.45, 2.75) is 77.5 Å². The summed E-state index contributed by atoms with van der Waals surface area (Å²) in [6.45, 7) is 5.18. The molecule has 0 unspecified atom stereocenters. The number of hydrogen-bond donors (Lipinski definition) is 1. The second kappa shape index (κ2) is 9.44. The fourth-order valence-corrected chi connectivity index (χ4v) is 3.01. The molecule has 1 aliphatic carbocycles. The molecule has 5 heteroatoms. The number of aryl methyl sites for hydroxylation is 1. The fourth-order valence-electron chi connectivity index (χ4n) is 3.01. The van der Waals surface area contributed by atoms with Crippen molar-refractivity contribution in [3.63, 3.8) is 0 Å². The van der Waals surface area contributed by atoms with Gasteiger partial charge in [-0.2, -0.15) is 0 Å². The molecular weight excluding hydrogens is 318 g/mol. The first-order chi connectivity index (χ1) is 12.0. The van der Waals surface area contributed by atoms with E-state index in [2.05, 4.69) is 5.32 Å². The van der Waals surface area contributed by atoms with Crippen molar-refractivity contribution in [3.8, 4) is 5.75 Å². The molecule has 138 valence electrons. The van der Waals surface area contributed by atoms with Gasteiger partial charge in [0.1, 0.15) is 5.75 Å². The molecule has 1 amide bonds. The zero-order chi connectivity index (χ0) is 18.2. The van der Waals surface area contributed by atoms with E-state index in [9.17, 15) is 9.59 Å². The molecule has 0 saturated heterocycles. The summed E-state index contributed by atoms with van der Waals surface area (Å²) < 4.78 is 10.9. The Hall–Kier alpha value is -2.04. The van der Waals surface area contributed by atoms with E-state index in [1.54, 1.807) is 19.9 Å². The summed E-state index contributed by atoms with van der Waals surface area (Å²) in [5.74, 6) is -0.159. The quantitative estimate of drug-likeness (QED) is 0.631. The number of nitrogens with one attached hydrogen (secondary N) is 1. The van der Waals surface area contributed by atoms with Gasteiger partial charge in [-0.15, -0.1) is 0 Å². The Morgan fingerprint density at radius 3 is 2.40 bits per heavy atom. The largest absolute Gasteiger partial charge is 0.479 e. The third-order valence-electron chi connectivity index (χ3n) is 4.50. The standard InChI is InChI=1S/C20H29NO4/c1-14-9-8-12-18(13-14)24-16(3)20(23)25-15(2)19(22)21-17-10-6-4-5-7-11-17/h8-9,12-13,15-17H,4-7,10-11H2,1-3H3,(H,21,22)/t15-,16-/m1/s1. The lowest BCUT2D eigenvalue weighted by molar-refractivity contribution is -0.161. The number of esters is 1. The van der Waals surface area contributed by atoms with Crippen molar-refractivity contribution in [2.24, 2.45) is 0 Å². The summed E-state index contributed by atoms with van der Waals surface area (Å²) in [5.41, 5.74) is 1.05. The van der Waals surface area contributed by atoms with Crippen LogP contribution in [0, 0.1) is 6.92 Å². The van der Waals surface area contributed by atoms with Crippen LogP contribution in [0.5, 0.6) is 5.75 Å². The molecular formula is C20H29NO4. The summed E-state index contributed by atoms with van der Waals surface area (Å²) >= 11 is 0. The van der Waals surface area contributed by atoms with Crippen LogP contribution in [-0.2, 0) is 14.3 Å². The SMILES string of the molecule is Cc1cccc(O[C@H](C)C(=O)O[C@H](C)C(=O)NC2CCCCCC2)c1. The molecule has 1 fully saturated rings. The van der Waals surface area contributed by atoms with Crippen LogP contribution in [-0.4, -0.2) is 30.1 Å². The van der Waals surface area contributed by atoms with E-state index in [1.807, 2.05) is 25.1 Å². The molecule has 2 atom stereocenters. The second-order valence-corrected chi connectivity index (χ2v) is 6.85. The molecule has 0 spiro atoms. The summed E-state index contributed by atoms with van der Waals surface area (Å²) in [4.78, 5) is 24.4. The van der Waals surface area contributed by atoms with Crippen molar-refractivity contribution < 1.29 is 19.1 Å². The van der Waals surface area contributed by atoms with Gasteiger partial charge in [0.25, 0.3) is 5.91 Å². The van der Waals surface area contributed by atoms with Crippen molar-refractivity contribution in [1.29, 1.82) is 0 Å². The number of ether oxygens (including phenoxy) is 2. The van der Waals surface area contributed by atoms with Gasteiger partial charge in [-0.25, -0.2) is 4.79 Å². The third kappa shape index (κ3) is 6.40. The Bertz CT molecular complexity index is 579. The van der Waals surface area contributed by atoms with Crippen molar-refractivity contribution in [1.82, 2.24) is 5.32 Å². The van der Waals surface area contributed by atoms with Gasteiger partial charge in [0.15, 0.2) is 12.2 Å². The zero-order valence-corrected chi connectivity index (χ0v) is 15.4. The number of carbonyl (C=O) groups is 2. The molecule has 1 aromatic rings. The Balaban J connectivity index is 1.80. The number of hydrogen-bond acceptors (Lipinski definition) is 4. The van der Waals surface area contributed by atoms with E-state index < -0.39 is 18.2 Å². The average Bonchev–Trinajstić information content (AvgIpc) is 2.83. The van der Waals surface area contributed by atoms with E-state index >= 15 is 0 Å². The number of benzene rings is 1. The number of carbonyl (C=O) groups excluding carboxylic acids is 2. The molecule has 1 N–H and O–H groups in total. The minimum absolute atomic E-state index is 0.192. The Morgan fingerprint density at radius 2 is 1.76 bits per heavy atom. The molecule has 1 saturated carbocycles. The normalized spacial score (nSPS) is 17.9. The highest BCUT2D eigenvalue weighted by atomic mass is 16.6. The molecule has 1 aliphatic rings. The minimum atomic E-state index is -0.820. The Kier molecular flexibility index (Phi) is 7.29. The summed E-state index contributed by atoms with van der Waals surface area (Å²) in [6.07, 6.45) is 5.14. The van der Waals surface area contributed by atoms with Gasteiger partial charge in [-0.3, -0.25) is 4.79 Å². The molecule has 25 heavy (non-hydrogen) atoms. The van der Waals surface area contributed by atoms with Crippen LogP contribution in [0.2, 0.25) is 0 Å². The van der Waals surface area contributed by atoms with E-state index in [4.69, 9.17) is 9.47 Å². The van der Waals surface area contributed by atoms with Crippen LogP contribution in [0.3, 0.4) is 0 Å². The van der Waals surface area contributed by atoms with Crippen molar-refractivity contribution >= 4 is 11.9 Å². The van der Waals surface area contributed by atoms with Crippen LogP contribution >= 0.6 is 0 Å². The maximum atomic E-state index is 12.3. The predicted molar refractivity (Wildman–Crippen MR) is 96.5 cm³/mol. The van der Waals surface area contributed by atoms with Crippen LogP contribution in [0.4, 0.5) is 0 Å². The molecule has 0 heterocycles. The van der Waals surface area contributed by atoms with E-state index in [0.29, 0.717) is 5.75 Å². The van der Waals surface area contributed by atoms with Gasteiger partial charge in [0, 0.05) is 6.04 Å². The lowest BCUT2D eigenvalue weighted by atomic mass is 10.1. The first kappa shape index (κ1) is 19.3. The molecule has 5 nitrogen and oxygen atoms in total. The van der Waals surface area contributed by atoms with E-state index in [1.165, 1.54) is 12.8 Å². The van der Waals surface area contributed by atoms with Crippen LogP contribution in [0.25, 0.3) is 0 Å². The van der Waals surface area contributed by atoms with E-state index in [0.717, 1.165) is 31.2 Å². The van der Waals surface area contributed by atoms with Gasteiger partial charge in [0.2, 0.25) is 0 Å². The number of amides is 1. The molecule has 0 aromatic heterocycles. The van der Waals surface area contributed by atoms with Crippen LogP contribution in [0.15, 0.2) is 24.3 Å². The van der Waals surface area contributed by atoms with E-state index in [-0.39, 0.29) is 11.9 Å². The fraction of sp³-hybridized carbons (Fsp3) is 0.600. The van der Waals surface area contributed by atoms with Crippen LogP contribution < -0.4 is 10.1 Å². The highest BCUT2D eigenvalue weighted by Crippen LogP contribution is 2.18. The topological polar surface area (TPSA) is 64.6 Å². The highest BCUT2D eigenvalue weighted by molar-refractivity contribution is 5.84. The average molecular weight is 347 g/mol. The zero-order valence-electron chi connectivity index (χ0n) is 15.4. The molecule has 1 aromatic carbocycles. The lowest BCUT2D eigenvalue weighted by Crippen LogP contribution is -2.43. The van der Waals surface area contributed by atoms with Gasteiger partial charge < -0.3 is 14.8 Å². The first-order valence-corrected chi connectivity index (χ1v) is 9.20. The van der Waals surface area contributed by atoms with Gasteiger partial charge in [-0.05, 0) is 51.3 Å². The maximum Gasteiger partial charge on any atom is 0.347 e. The summed E-state index contributed by atoms with van der Waals surface area (Å²) in [6, 6.07) is 7.66. The predicted octanol–water partition coefficient (Wildman–Crippen LogP) is 3.53. The molecule has 0 aliphatic heterocycles. The highest BCUT2D eigenvalue weighted by Gasteiger charge is 2.25. The van der Waals surface area contributed by atoms with Gasteiger partial charge >= 0.3 is 5.97 Å². The Labute approximate surface area is 150 Å². The lowest BCUT2D eigenvalue weighted by Gasteiger charge is -2.21. The molecule has 2 rings (SSSR count). The second-order valence-electron chi connectivity index (χ2n) is 6.85. The maximum absolute atomic E-state index is 12.3. The van der Waals surface area contributed by atoms with Gasteiger partial charge in [-0.1, -0.05) is 37.8 Å². The van der Waals surface area contributed by atoms with Crippen molar-refractivity contribution in [2.75, 3.05) is 0 Å². The molecule has 0 radical (unpaired) electrons. The number of rotatable bonds is 6. The van der Waals surface area contributed by atoms with Crippen LogP contribution in [0.1, 0.15) is 57.9 Å². The first-order valence-electron chi connectivity index (χ1n) is 9.20. The summed E-state index contributed by atoms with van der Waals surface area (Å²) in [7, 11) is 0. The smallest absolute Gasteiger partial charge is 0.347 e. The summed E-state index contributed by atoms with van der Waals surface area (Å²) in [5, 5.41) is 3.00. The Morgan fingerprint density at radius 1 is 1.08 bits per heavy atom. The minimum Gasteiger partial charge on any atom is -0.479 e. The van der Waals surface area contributed by atoms with Gasteiger partial charge in [0.05, 0.1) is 0 Å². The third-order valence-corrected chi connectivity index (χ3v) is 4.50.